The molecular formula is C16H33IN4OS. The lowest BCUT2D eigenvalue weighted by molar-refractivity contribution is 0.144. The van der Waals surface area contributed by atoms with Crippen LogP contribution in [0.1, 0.15) is 26.7 Å². The minimum Gasteiger partial charge on any atom is -0.383 e. The van der Waals surface area contributed by atoms with Crippen LogP contribution in [0.25, 0.3) is 0 Å². The van der Waals surface area contributed by atoms with Crippen molar-refractivity contribution in [2.75, 3.05) is 59.2 Å². The minimum absolute atomic E-state index is 0. The monoisotopic (exact) mass is 456 g/mol. The molecule has 23 heavy (non-hydrogen) atoms. The van der Waals surface area contributed by atoms with Crippen LogP contribution in [-0.4, -0.2) is 85.8 Å². The third-order valence-corrected chi connectivity index (χ3v) is 5.56. The Morgan fingerprint density at radius 3 is 2.70 bits per heavy atom. The second kappa shape index (κ2) is 10.3. The highest BCUT2D eigenvalue weighted by Crippen LogP contribution is 2.29. The van der Waals surface area contributed by atoms with Gasteiger partial charge in [-0.2, -0.15) is 11.8 Å². The summed E-state index contributed by atoms with van der Waals surface area (Å²) in [5, 5.41) is 3.55. The lowest BCUT2D eigenvalue weighted by atomic mass is 10.2. The molecule has 0 bridgehead atoms. The van der Waals surface area contributed by atoms with Crippen LogP contribution in [0.4, 0.5) is 0 Å². The molecule has 2 fully saturated rings. The number of methoxy groups -OCH3 is 1. The second-order valence-electron chi connectivity index (χ2n) is 6.76. The molecule has 5 nitrogen and oxygen atoms in total. The van der Waals surface area contributed by atoms with Crippen LogP contribution in [0.3, 0.4) is 0 Å². The lowest BCUT2D eigenvalue weighted by Gasteiger charge is -2.39. The van der Waals surface area contributed by atoms with Crippen LogP contribution < -0.4 is 5.32 Å². The zero-order valence-corrected chi connectivity index (χ0v) is 18.2. The van der Waals surface area contributed by atoms with Crippen LogP contribution in [0.2, 0.25) is 0 Å². The van der Waals surface area contributed by atoms with Crippen LogP contribution in [-0.2, 0) is 4.74 Å². The van der Waals surface area contributed by atoms with E-state index in [1.54, 1.807) is 7.11 Å². The normalized spacial score (nSPS) is 21.3. The Balaban J connectivity index is 0.00000264. The molecule has 1 aliphatic heterocycles. The second-order valence-corrected chi connectivity index (χ2v) is 8.57. The number of hydrogen-bond acceptors (Lipinski definition) is 4. The molecular weight excluding hydrogens is 423 g/mol. The Morgan fingerprint density at radius 1 is 1.39 bits per heavy atom. The van der Waals surface area contributed by atoms with E-state index in [1.807, 2.05) is 7.05 Å². The summed E-state index contributed by atoms with van der Waals surface area (Å²) < 4.78 is 5.53. The van der Waals surface area contributed by atoms with Crippen molar-refractivity contribution in [3.05, 3.63) is 0 Å². The van der Waals surface area contributed by atoms with Gasteiger partial charge in [0, 0.05) is 63.4 Å². The summed E-state index contributed by atoms with van der Waals surface area (Å²) >= 11 is 2.06. The summed E-state index contributed by atoms with van der Waals surface area (Å²) in [5.41, 5.74) is 0. The van der Waals surface area contributed by atoms with Gasteiger partial charge in [-0.25, -0.2) is 0 Å². The fourth-order valence-corrected chi connectivity index (χ4v) is 4.08. The number of hydrogen-bond donors (Lipinski definition) is 1. The average Bonchev–Trinajstić information content (AvgIpc) is 3.30. The number of thioether (sulfide) groups is 1. The van der Waals surface area contributed by atoms with Crippen molar-refractivity contribution in [2.24, 2.45) is 4.99 Å². The maximum absolute atomic E-state index is 5.22. The van der Waals surface area contributed by atoms with E-state index in [1.165, 1.54) is 18.6 Å². The molecule has 2 rings (SSSR count). The first-order chi connectivity index (χ1) is 10.6. The summed E-state index contributed by atoms with van der Waals surface area (Å²) in [7, 11) is 3.67. The highest BCUT2D eigenvalue weighted by atomic mass is 127. The average molecular weight is 456 g/mol. The van der Waals surface area contributed by atoms with Gasteiger partial charge in [0.2, 0.25) is 0 Å². The summed E-state index contributed by atoms with van der Waals surface area (Å²) in [4.78, 5) is 9.41. The van der Waals surface area contributed by atoms with E-state index in [9.17, 15) is 0 Å². The molecule has 0 amide bonds. The molecule has 1 saturated heterocycles. The van der Waals surface area contributed by atoms with Gasteiger partial charge >= 0.3 is 0 Å². The minimum atomic E-state index is 0. The predicted molar refractivity (Wildman–Crippen MR) is 111 cm³/mol. The van der Waals surface area contributed by atoms with Crippen molar-refractivity contribution in [3.63, 3.8) is 0 Å². The molecule has 0 unspecified atom stereocenters. The van der Waals surface area contributed by atoms with Crippen LogP contribution in [0.15, 0.2) is 4.99 Å². The molecule has 1 saturated carbocycles. The van der Waals surface area contributed by atoms with Gasteiger partial charge in [-0.3, -0.25) is 9.89 Å². The summed E-state index contributed by atoms with van der Waals surface area (Å²) in [6, 6.07) is 0.782. The lowest BCUT2D eigenvalue weighted by Crippen LogP contribution is -2.52. The fraction of sp³-hybridized carbons (Fsp3) is 0.938. The van der Waals surface area contributed by atoms with Crippen LogP contribution >= 0.6 is 35.7 Å². The van der Waals surface area contributed by atoms with Crippen molar-refractivity contribution < 1.29 is 4.74 Å². The smallest absolute Gasteiger partial charge is 0.193 e. The molecule has 0 aromatic rings. The number of halogens is 1. The van der Waals surface area contributed by atoms with E-state index in [2.05, 4.69) is 45.7 Å². The Hall–Kier alpha value is 0.270. The van der Waals surface area contributed by atoms with Crippen molar-refractivity contribution in [1.29, 1.82) is 0 Å². The first kappa shape index (κ1) is 21.3. The molecule has 0 atom stereocenters. The maximum atomic E-state index is 5.22. The van der Waals surface area contributed by atoms with Crippen molar-refractivity contribution in [1.82, 2.24) is 15.1 Å². The van der Waals surface area contributed by atoms with Gasteiger partial charge in [-0.05, 0) is 26.7 Å². The van der Waals surface area contributed by atoms with Gasteiger partial charge in [-0.1, -0.05) is 0 Å². The molecule has 136 valence electrons. The number of guanidine groups is 1. The fourth-order valence-electron chi connectivity index (χ4n) is 2.97. The Bertz CT molecular complexity index is 377. The predicted octanol–water partition coefficient (Wildman–Crippen LogP) is 2.12. The van der Waals surface area contributed by atoms with Gasteiger partial charge in [-0.15, -0.1) is 24.0 Å². The van der Waals surface area contributed by atoms with Crippen molar-refractivity contribution >= 4 is 41.7 Å². The number of nitrogens with one attached hydrogen (secondary N) is 1. The highest BCUT2D eigenvalue weighted by Gasteiger charge is 2.30. The number of ether oxygens (including phenoxy) is 1. The number of nitrogens with zero attached hydrogens (tertiary/aromatic N) is 3. The first-order valence-electron chi connectivity index (χ1n) is 8.38. The Morgan fingerprint density at radius 2 is 2.13 bits per heavy atom. The third kappa shape index (κ3) is 7.36. The van der Waals surface area contributed by atoms with E-state index in [0.29, 0.717) is 4.75 Å². The molecule has 0 aromatic carbocycles. The van der Waals surface area contributed by atoms with Gasteiger partial charge in [0.1, 0.15) is 0 Å². The quantitative estimate of drug-likeness (QED) is 0.361. The molecule has 0 aromatic heterocycles. The Labute approximate surface area is 163 Å². The van der Waals surface area contributed by atoms with E-state index < -0.39 is 0 Å². The van der Waals surface area contributed by atoms with Crippen molar-refractivity contribution in [3.8, 4) is 0 Å². The van der Waals surface area contributed by atoms with E-state index in [-0.39, 0.29) is 24.0 Å². The highest BCUT2D eigenvalue weighted by molar-refractivity contribution is 14.0. The third-order valence-electron chi connectivity index (χ3n) is 4.27. The molecule has 7 heteroatoms. The summed E-state index contributed by atoms with van der Waals surface area (Å²) in [6.45, 7) is 10.7. The van der Waals surface area contributed by atoms with Gasteiger partial charge in [0.25, 0.3) is 0 Å². The largest absolute Gasteiger partial charge is 0.383 e. The van der Waals surface area contributed by atoms with E-state index >= 15 is 0 Å². The standard InChI is InChI=1S/C16H32N4OS.HI/c1-16(2)13-20(10-12-22-16)15(17-3)18-7-8-19(9-11-21-4)14-5-6-14;/h14H,5-13H2,1-4H3,(H,17,18);1H. The molecule has 0 radical (unpaired) electrons. The van der Waals surface area contributed by atoms with Crippen molar-refractivity contribution in [2.45, 2.75) is 37.5 Å². The van der Waals surface area contributed by atoms with Gasteiger partial charge in [0.05, 0.1) is 6.61 Å². The maximum Gasteiger partial charge on any atom is 0.193 e. The molecule has 1 N–H and O–H groups in total. The zero-order valence-electron chi connectivity index (χ0n) is 15.0. The zero-order chi connectivity index (χ0) is 16.0. The number of aliphatic imine (C=N–C) groups is 1. The molecule has 1 aliphatic carbocycles. The van der Waals surface area contributed by atoms with Gasteiger partial charge in [0.15, 0.2) is 5.96 Å². The van der Waals surface area contributed by atoms with Crippen LogP contribution in [0.5, 0.6) is 0 Å². The Kier molecular flexibility index (Phi) is 9.55. The first-order valence-corrected chi connectivity index (χ1v) is 9.37. The summed E-state index contributed by atoms with van der Waals surface area (Å²) in [5.74, 6) is 2.23. The molecule has 2 aliphatic rings. The number of rotatable bonds is 7. The van der Waals surface area contributed by atoms with E-state index in [4.69, 9.17) is 4.74 Å². The van der Waals surface area contributed by atoms with Crippen LogP contribution in [0, 0.1) is 0 Å². The van der Waals surface area contributed by atoms with E-state index in [0.717, 1.165) is 51.3 Å². The van der Waals surface area contributed by atoms with Gasteiger partial charge < -0.3 is 15.0 Å². The SMILES string of the molecule is CN=C(NCCN(CCOC)C1CC1)N1CCSC(C)(C)C1.I. The topological polar surface area (TPSA) is 40.1 Å². The molecule has 0 spiro atoms. The summed E-state index contributed by atoms with van der Waals surface area (Å²) in [6.07, 6.45) is 2.69. The molecule has 1 heterocycles.